The van der Waals surface area contributed by atoms with Crippen LogP contribution in [0.2, 0.25) is 0 Å². The molecule has 0 saturated heterocycles. The molecule has 1 fully saturated rings. The van der Waals surface area contributed by atoms with Crippen LogP contribution in [0.25, 0.3) is 11.0 Å². The van der Waals surface area contributed by atoms with Crippen LogP contribution >= 0.6 is 0 Å². The summed E-state index contributed by atoms with van der Waals surface area (Å²) in [6.07, 6.45) is 0. The largest absolute Gasteiger partial charge is 0.381 e. The molecule has 0 amide bonds. The number of nitrogen functional groups attached to an aromatic ring is 1. The number of para-hydroxylation sites is 2. The van der Waals surface area contributed by atoms with Crippen molar-refractivity contribution < 1.29 is 0 Å². The first-order chi connectivity index (χ1) is 9.34. The van der Waals surface area contributed by atoms with Crippen molar-refractivity contribution in [3.8, 4) is 0 Å². The number of nitrogens with zero attached hydrogens (tertiary/aromatic N) is 2. The number of hydrogen-bond acceptors (Lipinski definition) is 4. The number of rotatable bonds is 3. The molecule has 0 atom stereocenters. The van der Waals surface area contributed by atoms with Gasteiger partial charge >= 0.3 is 0 Å². The van der Waals surface area contributed by atoms with Gasteiger partial charge in [0.2, 0.25) is 0 Å². The number of hydrogen-bond donors (Lipinski definition) is 2. The summed E-state index contributed by atoms with van der Waals surface area (Å²) in [6.45, 7) is 10.1. The fourth-order valence-corrected chi connectivity index (χ4v) is 3.19. The van der Waals surface area contributed by atoms with E-state index in [-0.39, 0.29) is 0 Å². The van der Waals surface area contributed by atoms with Gasteiger partial charge in [-0.15, -0.1) is 0 Å². The summed E-state index contributed by atoms with van der Waals surface area (Å²) in [5, 5.41) is 3.38. The summed E-state index contributed by atoms with van der Waals surface area (Å²) >= 11 is 0. The van der Waals surface area contributed by atoms with Crippen LogP contribution in [0, 0.1) is 16.7 Å². The molecule has 0 radical (unpaired) electrons. The molecule has 0 spiro atoms. The highest BCUT2D eigenvalue weighted by molar-refractivity contribution is 5.79. The molecule has 1 aliphatic rings. The lowest BCUT2D eigenvalue weighted by molar-refractivity contribution is 0.457. The molecule has 4 heteroatoms. The van der Waals surface area contributed by atoms with Crippen LogP contribution in [-0.2, 0) is 0 Å². The molecule has 1 heterocycles. The fourth-order valence-electron chi connectivity index (χ4n) is 3.19. The SMILES string of the molecule is CC1(C)C(CNc2nc3ccccc3nc2N)C1(C)C. The number of anilines is 2. The van der Waals surface area contributed by atoms with Crippen LogP contribution in [0.4, 0.5) is 11.6 Å². The predicted octanol–water partition coefficient (Wildman–Crippen LogP) is 3.31. The Morgan fingerprint density at radius 1 is 1.05 bits per heavy atom. The third kappa shape index (κ3) is 1.82. The van der Waals surface area contributed by atoms with Crippen molar-refractivity contribution in [3.05, 3.63) is 24.3 Å². The monoisotopic (exact) mass is 270 g/mol. The molecule has 106 valence electrons. The second-order valence-corrected chi connectivity index (χ2v) is 6.82. The van der Waals surface area contributed by atoms with Gasteiger partial charge in [-0.25, -0.2) is 9.97 Å². The van der Waals surface area contributed by atoms with Crippen LogP contribution in [0.3, 0.4) is 0 Å². The molecule has 1 aromatic heterocycles. The number of benzene rings is 1. The maximum Gasteiger partial charge on any atom is 0.169 e. The minimum Gasteiger partial charge on any atom is -0.381 e. The lowest BCUT2D eigenvalue weighted by atomic mass is 10.0. The first-order valence-corrected chi connectivity index (χ1v) is 7.10. The van der Waals surface area contributed by atoms with Crippen LogP contribution < -0.4 is 11.1 Å². The Morgan fingerprint density at radius 3 is 2.15 bits per heavy atom. The minimum atomic E-state index is 0.360. The van der Waals surface area contributed by atoms with Gasteiger partial charge in [0.15, 0.2) is 11.6 Å². The summed E-state index contributed by atoms with van der Waals surface area (Å²) in [5.74, 6) is 1.80. The van der Waals surface area contributed by atoms with Crippen molar-refractivity contribution >= 4 is 22.7 Å². The first kappa shape index (κ1) is 13.2. The molecular formula is C16H22N4. The molecule has 0 unspecified atom stereocenters. The van der Waals surface area contributed by atoms with Gasteiger partial charge in [-0.2, -0.15) is 0 Å². The smallest absolute Gasteiger partial charge is 0.169 e. The molecule has 3 rings (SSSR count). The van der Waals surface area contributed by atoms with Gasteiger partial charge in [0, 0.05) is 6.54 Å². The quantitative estimate of drug-likeness (QED) is 0.898. The zero-order valence-corrected chi connectivity index (χ0v) is 12.6. The van der Waals surface area contributed by atoms with Crippen LogP contribution in [0.1, 0.15) is 27.7 Å². The Hall–Kier alpha value is -1.84. The van der Waals surface area contributed by atoms with Crippen molar-refractivity contribution in [2.75, 3.05) is 17.6 Å². The highest BCUT2D eigenvalue weighted by Crippen LogP contribution is 2.68. The van der Waals surface area contributed by atoms with Crippen molar-refractivity contribution in [3.63, 3.8) is 0 Å². The summed E-state index contributed by atoms with van der Waals surface area (Å²) in [4.78, 5) is 8.97. The second kappa shape index (κ2) is 4.08. The van der Waals surface area contributed by atoms with E-state index in [4.69, 9.17) is 5.73 Å². The number of nitrogens with one attached hydrogen (secondary N) is 1. The summed E-state index contributed by atoms with van der Waals surface area (Å²) in [6, 6.07) is 7.79. The predicted molar refractivity (Wildman–Crippen MR) is 83.5 cm³/mol. The third-order valence-corrected chi connectivity index (χ3v) is 5.39. The van der Waals surface area contributed by atoms with Crippen molar-refractivity contribution in [1.29, 1.82) is 0 Å². The maximum absolute atomic E-state index is 5.99. The van der Waals surface area contributed by atoms with Gasteiger partial charge in [0.05, 0.1) is 11.0 Å². The third-order valence-electron chi connectivity index (χ3n) is 5.39. The molecule has 1 aliphatic carbocycles. The van der Waals surface area contributed by atoms with Gasteiger partial charge in [-0.1, -0.05) is 39.8 Å². The normalized spacial score (nSPS) is 20.0. The summed E-state index contributed by atoms with van der Waals surface area (Å²) in [5.41, 5.74) is 8.42. The number of fused-ring (bicyclic) bond motifs is 1. The van der Waals surface area contributed by atoms with Crippen molar-refractivity contribution in [2.45, 2.75) is 27.7 Å². The van der Waals surface area contributed by atoms with E-state index in [1.807, 2.05) is 24.3 Å². The van der Waals surface area contributed by atoms with Crippen molar-refractivity contribution in [2.24, 2.45) is 16.7 Å². The van der Waals surface area contributed by atoms with E-state index in [1.54, 1.807) is 0 Å². The minimum absolute atomic E-state index is 0.360. The van der Waals surface area contributed by atoms with Gasteiger partial charge in [-0.3, -0.25) is 0 Å². The zero-order chi connectivity index (χ0) is 14.5. The molecule has 1 aromatic carbocycles. The average Bonchev–Trinajstić information content (AvgIpc) is 2.77. The van der Waals surface area contributed by atoms with E-state index in [2.05, 4.69) is 43.0 Å². The Kier molecular flexibility index (Phi) is 2.68. The van der Waals surface area contributed by atoms with E-state index in [1.165, 1.54) is 0 Å². The standard InChI is InChI=1S/C16H22N4/c1-15(2)12(16(15,3)4)9-18-14-13(17)19-10-7-5-6-8-11(10)20-14/h5-8,12H,9H2,1-4H3,(H2,17,19)(H,18,20). The summed E-state index contributed by atoms with van der Waals surface area (Å²) in [7, 11) is 0. The first-order valence-electron chi connectivity index (χ1n) is 7.10. The number of aromatic nitrogens is 2. The molecule has 0 bridgehead atoms. The Balaban J connectivity index is 1.80. The molecule has 0 aliphatic heterocycles. The molecule has 4 nitrogen and oxygen atoms in total. The van der Waals surface area contributed by atoms with Crippen LogP contribution in [0.5, 0.6) is 0 Å². The molecular weight excluding hydrogens is 248 g/mol. The van der Waals surface area contributed by atoms with E-state index >= 15 is 0 Å². The lowest BCUT2D eigenvalue weighted by Crippen LogP contribution is -2.12. The highest BCUT2D eigenvalue weighted by atomic mass is 15.1. The van der Waals surface area contributed by atoms with E-state index in [0.29, 0.717) is 28.4 Å². The average molecular weight is 270 g/mol. The van der Waals surface area contributed by atoms with Gasteiger partial charge in [-0.05, 0) is 28.9 Å². The van der Waals surface area contributed by atoms with Crippen molar-refractivity contribution in [1.82, 2.24) is 9.97 Å². The van der Waals surface area contributed by atoms with Gasteiger partial charge in [0.25, 0.3) is 0 Å². The van der Waals surface area contributed by atoms with E-state index in [9.17, 15) is 0 Å². The van der Waals surface area contributed by atoms with Crippen LogP contribution in [-0.4, -0.2) is 16.5 Å². The van der Waals surface area contributed by atoms with E-state index in [0.717, 1.165) is 17.6 Å². The van der Waals surface area contributed by atoms with E-state index < -0.39 is 0 Å². The topological polar surface area (TPSA) is 63.8 Å². The van der Waals surface area contributed by atoms with Gasteiger partial charge < -0.3 is 11.1 Å². The maximum atomic E-state index is 5.99. The van der Waals surface area contributed by atoms with Crippen LogP contribution in [0.15, 0.2) is 24.3 Å². The Bertz CT molecular complexity index is 647. The number of nitrogens with two attached hydrogens (primary N) is 1. The molecule has 2 aromatic rings. The fraction of sp³-hybridized carbons (Fsp3) is 0.500. The molecule has 20 heavy (non-hydrogen) atoms. The zero-order valence-electron chi connectivity index (χ0n) is 12.6. The summed E-state index contributed by atoms with van der Waals surface area (Å²) < 4.78 is 0. The highest BCUT2D eigenvalue weighted by Gasteiger charge is 2.64. The Labute approximate surface area is 119 Å². The Morgan fingerprint density at radius 2 is 1.60 bits per heavy atom. The second-order valence-electron chi connectivity index (χ2n) is 6.82. The molecule has 1 saturated carbocycles. The lowest BCUT2D eigenvalue weighted by Gasteiger charge is -2.10. The van der Waals surface area contributed by atoms with Gasteiger partial charge in [0.1, 0.15) is 0 Å². The molecule has 3 N–H and O–H groups in total.